The molecule has 3 nitrogen and oxygen atoms in total. The Kier molecular flexibility index (Phi) is 1.28. The minimum Gasteiger partial charge on any atom is -0.411 e. The lowest BCUT2D eigenvalue weighted by Crippen LogP contribution is -2.07. The minimum atomic E-state index is -2.26. The van der Waals surface area contributed by atoms with Crippen LogP contribution in [-0.4, -0.2) is 16.7 Å². The third-order valence-corrected chi connectivity index (χ3v) is 0.695. The first kappa shape index (κ1) is 3.22. The smallest absolute Gasteiger partial charge is 0.177 e. The minimum absolute atomic E-state index is 0.315. The van der Waals surface area contributed by atoms with Gasteiger partial charge in [-0.2, -0.15) is 0 Å². The van der Waals surface area contributed by atoms with E-state index in [4.69, 9.17) is 9.32 Å². The Morgan fingerprint density at radius 2 is 2.62 bits per heavy atom. The first-order chi connectivity index (χ1) is 4.87. The number of Topliss-reactive ketones (excluding diaryl/α,β-unsaturated/α-hetero) is 1. The molecule has 0 amide bonds. The molecule has 0 fully saturated rings. The summed E-state index contributed by atoms with van der Waals surface area (Å²) in [5, 5.41) is 10.8. The molecule has 0 rings (SSSR count). The first-order valence-electron chi connectivity index (χ1n) is 3.58. The molecule has 0 aromatic rings. The van der Waals surface area contributed by atoms with Crippen LogP contribution >= 0.6 is 0 Å². The molecule has 0 radical (unpaired) electrons. The van der Waals surface area contributed by atoms with Crippen molar-refractivity contribution in [1.29, 1.82) is 0 Å². The molecular formula is C5H9NO2. The van der Waals surface area contributed by atoms with Gasteiger partial charge in [0.25, 0.3) is 0 Å². The van der Waals surface area contributed by atoms with Crippen molar-refractivity contribution < 1.29 is 14.1 Å². The third kappa shape index (κ3) is 1.73. The summed E-state index contributed by atoms with van der Waals surface area (Å²) in [4.78, 5) is 10.5. The Hall–Kier alpha value is -0.860. The molecule has 0 saturated heterocycles. The normalized spacial score (nSPS) is 18.6. The van der Waals surface area contributed by atoms with E-state index in [2.05, 4.69) is 5.16 Å². The van der Waals surface area contributed by atoms with Crippen LogP contribution in [0.25, 0.3) is 0 Å². The predicted molar refractivity (Wildman–Crippen MR) is 30.2 cm³/mol. The van der Waals surface area contributed by atoms with Crippen molar-refractivity contribution in [2.75, 3.05) is 0 Å². The predicted octanol–water partition coefficient (Wildman–Crippen LogP) is 0.816. The fourth-order valence-electron chi connectivity index (χ4n) is 0.230. The molecule has 8 heavy (non-hydrogen) atoms. The number of carbonyl (C=O) groups is 1. The summed E-state index contributed by atoms with van der Waals surface area (Å²) in [5.74, 6) is -0.524. The SMILES string of the molecule is [2H]C([2H])([2H])C/C(=N/O)C(C)=O. The average molecular weight is 118 g/mol. The highest BCUT2D eigenvalue weighted by Gasteiger charge is 2.00. The van der Waals surface area contributed by atoms with Crippen molar-refractivity contribution in [1.82, 2.24) is 0 Å². The molecule has 46 valence electrons. The lowest BCUT2D eigenvalue weighted by atomic mass is 10.2. The van der Waals surface area contributed by atoms with Crippen LogP contribution in [0.1, 0.15) is 24.3 Å². The topological polar surface area (TPSA) is 49.7 Å². The van der Waals surface area contributed by atoms with Crippen molar-refractivity contribution in [2.24, 2.45) is 5.16 Å². The number of hydrogen-bond acceptors (Lipinski definition) is 3. The highest BCUT2D eigenvalue weighted by Crippen LogP contribution is 1.84. The van der Waals surface area contributed by atoms with Crippen LogP contribution < -0.4 is 0 Å². The number of oxime groups is 1. The number of carbonyl (C=O) groups excluding carboxylic acids is 1. The van der Waals surface area contributed by atoms with Crippen LogP contribution in [0.3, 0.4) is 0 Å². The number of nitrogens with zero attached hydrogens (tertiary/aromatic N) is 1. The Balaban J connectivity index is 4.24. The van der Waals surface area contributed by atoms with Crippen LogP contribution in [0.15, 0.2) is 5.16 Å². The molecule has 0 aliphatic rings. The summed E-state index contributed by atoms with van der Waals surface area (Å²) < 4.78 is 20.2. The fraction of sp³-hybridized carbons (Fsp3) is 0.600. The van der Waals surface area contributed by atoms with E-state index in [9.17, 15) is 4.79 Å². The second kappa shape index (κ2) is 3.18. The van der Waals surface area contributed by atoms with Gasteiger partial charge >= 0.3 is 0 Å². The van der Waals surface area contributed by atoms with Crippen LogP contribution in [0.5, 0.6) is 0 Å². The first-order valence-corrected chi connectivity index (χ1v) is 2.08. The maximum atomic E-state index is 10.5. The van der Waals surface area contributed by atoms with Crippen molar-refractivity contribution in [3.05, 3.63) is 0 Å². The van der Waals surface area contributed by atoms with Gasteiger partial charge in [0.2, 0.25) is 0 Å². The fourth-order valence-corrected chi connectivity index (χ4v) is 0.230. The van der Waals surface area contributed by atoms with Gasteiger partial charge in [-0.15, -0.1) is 0 Å². The zero-order valence-electron chi connectivity index (χ0n) is 7.51. The van der Waals surface area contributed by atoms with Gasteiger partial charge in [-0.3, -0.25) is 4.79 Å². The molecule has 0 aliphatic carbocycles. The molecule has 0 bridgehead atoms. The van der Waals surface area contributed by atoms with E-state index in [1.54, 1.807) is 0 Å². The Bertz CT molecular complexity index is 185. The molecule has 0 saturated carbocycles. The molecule has 3 heteroatoms. The highest BCUT2D eigenvalue weighted by atomic mass is 16.4. The van der Waals surface area contributed by atoms with Crippen LogP contribution in [-0.2, 0) is 4.79 Å². The molecule has 0 aliphatic heterocycles. The van der Waals surface area contributed by atoms with Crippen molar-refractivity contribution in [3.63, 3.8) is 0 Å². The van der Waals surface area contributed by atoms with Crippen molar-refractivity contribution in [3.8, 4) is 0 Å². The van der Waals surface area contributed by atoms with Crippen LogP contribution in [0.2, 0.25) is 0 Å². The van der Waals surface area contributed by atoms with Crippen molar-refractivity contribution >= 4 is 11.5 Å². The highest BCUT2D eigenvalue weighted by molar-refractivity contribution is 6.38. The quantitative estimate of drug-likeness (QED) is 0.331. The third-order valence-electron chi connectivity index (χ3n) is 0.695. The van der Waals surface area contributed by atoms with Gasteiger partial charge < -0.3 is 5.21 Å². The largest absolute Gasteiger partial charge is 0.411 e. The zero-order chi connectivity index (χ0) is 9.07. The monoisotopic (exact) mass is 118 g/mol. The second-order valence-corrected chi connectivity index (χ2v) is 1.28. The molecule has 0 heterocycles. The summed E-state index contributed by atoms with van der Waals surface area (Å²) in [7, 11) is 0. The lowest BCUT2D eigenvalue weighted by Gasteiger charge is -1.89. The van der Waals surface area contributed by atoms with Crippen molar-refractivity contribution in [2.45, 2.75) is 20.2 Å². The van der Waals surface area contributed by atoms with E-state index in [0.717, 1.165) is 6.92 Å². The van der Waals surface area contributed by atoms with Gasteiger partial charge in [-0.25, -0.2) is 0 Å². The molecule has 0 aromatic carbocycles. The Labute approximate surface area is 52.2 Å². The lowest BCUT2D eigenvalue weighted by molar-refractivity contribution is -0.111. The molecule has 0 aromatic heterocycles. The van der Waals surface area contributed by atoms with Gasteiger partial charge in [0.05, 0.1) is 0 Å². The second-order valence-electron chi connectivity index (χ2n) is 1.28. The van der Waals surface area contributed by atoms with E-state index in [1.807, 2.05) is 0 Å². The van der Waals surface area contributed by atoms with Gasteiger partial charge in [0.15, 0.2) is 5.78 Å². The maximum Gasteiger partial charge on any atom is 0.177 e. The summed E-state index contributed by atoms with van der Waals surface area (Å²) >= 11 is 0. The molecular weight excluding hydrogens is 106 g/mol. The average Bonchev–Trinajstić information content (AvgIpc) is 1.80. The van der Waals surface area contributed by atoms with Crippen LogP contribution in [0.4, 0.5) is 0 Å². The Morgan fingerprint density at radius 3 is 2.75 bits per heavy atom. The van der Waals surface area contributed by atoms with Gasteiger partial charge in [0.1, 0.15) is 5.71 Å². The van der Waals surface area contributed by atoms with Gasteiger partial charge in [-0.1, -0.05) is 12.0 Å². The zero-order valence-corrected chi connectivity index (χ0v) is 4.51. The maximum absolute atomic E-state index is 10.5. The van der Waals surface area contributed by atoms with Crippen LogP contribution in [0, 0.1) is 0 Å². The number of ketones is 1. The van der Waals surface area contributed by atoms with Gasteiger partial charge in [0, 0.05) is 11.0 Å². The van der Waals surface area contributed by atoms with E-state index >= 15 is 0 Å². The van der Waals surface area contributed by atoms with Gasteiger partial charge in [-0.05, 0) is 6.42 Å². The van der Waals surface area contributed by atoms with E-state index in [-0.39, 0.29) is 5.71 Å². The molecule has 0 spiro atoms. The molecule has 0 atom stereocenters. The number of rotatable bonds is 2. The summed E-state index contributed by atoms with van der Waals surface area (Å²) in [5.41, 5.74) is -0.315. The number of hydrogen-bond donors (Lipinski definition) is 1. The Morgan fingerprint density at radius 1 is 2.00 bits per heavy atom. The summed E-state index contributed by atoms with van der Waals surface area (Å²) in [6, 6.07) is 0. The standard InChI is InChI=1S/C5H9NO2/c1-3-5(6-8)4(2)7/h8H,3H2,1-2H3/b6-5-/i1D3. The van der Waals surface area contributed by atoms with E-state index in [0.29, 0.717) is 0 Å². The van der Waals surface area contributed by atoms with E-state index < -0.39 is 19.1 Å². The summed E-state index contributed by atoms with van der Waals surface area (Å²) in [6.07, 6.45) is -0.487. The summed E-state index contributed by atoms with van der Waals surface area (Å²) in [6.45, 7) is -1.10. The molecule has 1 N–H and O–H groups in total. The molecule has 0 unspecified atom stereocenters. The van der Waals surface area contributed by atoms with E-state index in [1.165, 1.54) is 0 Å².